The van der Waals surface area contributed by atoms with Crippen molar-refractivity contribution >= 4 is 10.0 Å². The molecule has 0 fully saturated rings. The molecule has 68 valence electrons. The van der Waals surface area contributed by atoms with Gasteiger partial charge >= 0.3 is 0 Å². The molecular weight excluding hydrogens is 180 g/mol. The number of hydrogen-bond acceptors (Lipinski definition) is 4. The van der Waals surface area contributed by atoms with E-state index in [2.05, 4.69) is 10.1 Å². The quantitative estimate of drug-likeness (QED) is 0.681. The molecule has 2 N–H and O–H groups in total. The molecule has 1 heterocycles. The van der Waals surface area contributed by atoms with Crippen LogP contribution in [0.1, 0.15) is 19.9 Å². The number of nitrogens with zero attached hydrogens (tertiary/aromatic N) is 3. The molecule has 6 nitrogen and oxygen atoms in total. The van der Waals surface area contributed by atoms with Crippen LogP contribution in [0.15, 0.2) is 11.5 Å². The Bertz CT molecular complexity index is 367. The molecule has 0 aliphatic rings. The topological polar surface area (TPSA) is 90.9 Å². The van der Waals surface area contributed by atoms with Crippen molar-refractivity contribution in [2.75, 3.05) is 0 Å². The van der Waals surface area contributed by atoms with Crippen LogP contribution in [0.5, 0.6) is 0 Å². The fourth-order valence-electron chi connectivity index (χ4n) is 0.638. The molecule has 0 atom stereocenters. The van der Waals surface area contributed by atoms with E-state index in [4.69, 9.17) is 5.14 Å². The second kappa shape index (κ2) is 2.83. The zero-order chi connectivity index (χ0) is 9.35. The average molecular weight is 190 g/mol. The highest BCUT2D eigenvalue weighted by Gasteiger charge is 2.14. The Balaban J connectivity index is 3.09. The summed E-state index contributed by atoms with van der Waals surface area (Å²) in [4.78, 5) is 3.55. The van der Waals surface area contributed by atoms with Gasteiger partial charge in [-0.2, -0.15) is 0 Å². The van der Waals surface area contributed by atoms with Gasteiger partial charge in [0.15, 0.2) is 0 Å². The normalized spacial score (nSPS) is 12.3. The molecular formula is C5H10N4O2S. The van der Waals surface area contributed by atoms with E-state index in [1.54, 1.807) is 0 Å². The van der Waals surface area contributed by atoms with Crippen molar-refractivity contribution in [1.29, 1.82) is 0 Å². The summed E-state index contributed by atoms with van der Waals surface area (Å²) >= 11 is 0. The summed E-state index contributed by atoms with van der Waals surface area (Å²) in [5.74, 6) is 0. The number of primary sulfonamides is 1. The third kappa shape index (κ3) is 1.80. The van der Waals surface area contributed by atoms with E-state index in [1.165, 1.54) is 11.0 Å². The maximum absolute atomic E-state index is 10.7. The molecule has 0 amide bonds. The van der Waals surface area contributed by atoms with Crippen LogP contribution < -0.4 is 5.14 Å². The van der Waals surface area contributed by atoms with Gasteiger partial charge in [-0.15, -0.1) is 5.10 Å². The summed E-state index contributed by atoms with van der Waals surface area (Å²) in [5, 5.41) is 8.14. The molecule has 1 aromatic rings. The van der Waals surface area contributed by atoms with Gasteiger partial charge in [0.1, 0.15) is 6.33 Å². The van der Waals surface area contributed by atoms with Gasteiger partial charge in [0.2, 0.25) is 0 Å². The summed E-state index contributed by atoms with van der Waals surface area (Å²) in [5.41, 5.74) is 0. The molecule has 0 saturated heterocycles. The first-order valence-corrected chi connectivity index (χ1v) is 4.90. The van der Waals surface area contributed by atoms with Crippen LogP contribution in [0.3, 0.4) is 0 Å². The Morgan fingerprint density at radius 3 is 2.42 bits per heavy atom. The minimum atomic E-state index is -3.76. The SMILES string of the molecule is CC(C)n1cnc(S(N)(=O)=O)n1. The van der Waals surface area contributed by atoms with Crippen molar-refractivity contribution in [3.63, 3.8) is 0 Å². The summed E-state index contributed by atoms with van der Waals surface area (Å²) in [7, 11) is -3.76. The second-order valence-electron chi connectivity index (χ2n) is 2.65. The molecule has 0 radical (unpaired) electrons. The lowest BCUT2D eigenvalue weighted by atomic mass is 10.4. The van der Waals surface area contributed by atoms with Crippen molar-refractivity contribution in [1.82, 2.24) is 14.8 Å². The standard InChI is InChI=1S/C5H10N4O2S/c1-4(2)9-3-7-5(8-9)12(6,10)11/h3-4H,1-2H3,(H2,6,10,11). The fraction of sp³-hybridized carbons (Fsp3) is 0.600. The number of rotatable bonds is 2. The van der Waals surface area contributed by atoms with Gasteiger partial charge in [-0.1, -0.05) is 0 Å². The number of sulfonamides is 1. The highest BCUT2D eigenvalue weighted by Crippen LogP contribution is 2.03. The number of nitrogens with two attached hydrogens (primary N) is 1. The van der Waals surface area contributed by atoms with E-state index in [1.807, 2.05) is 13.8 Å². The Labute approximate surface area is 70.5 Å². The van der Waals surface area contributed by atoms with Crippen LogP contribution >= 0.6 is 0 Å². The molecule has 0 saturated carbocycles. The van der Waals surface area contributed by atoms with Gasteiger partial charge < -0.3 is 0 Å². The summed E-state index contributed by atoms with van der Waals surface area (Å²) in [6, 6.07) is 0.0769. The van der Waals surface area contributed by atoms with E-state index in [0.29, 0.717) is 0 Å². The minimum absolute atomic E-state index is 0.0769. The van der Waals surface area contributed by atoms with E-state index in [0.717, 1.165) is 0 Å². The minimum Gasteiger partial charge on any atom is -0.249 e. The van der Waals surface area contributed by atoms with E-state index >= 15 is 0 Å². The molecule has 0 aliphatic heterocycles. The van der Waals surface area contributed by atoms with Crippen LogP contribution in [0.4, 0.5) is 0 Å². The lowest BCUT2D eigenvalue weighted by molar-refractivity contribution is 0.516. The summed E-state index contributed by atoms with van der Waals surface area (Å²) < 4.78 is 22.8. The molecule has 0 aromatic carbocycles. The molecule has 0 spiro atoms. The predicted octanol–water partition coefficient (Wildman–Crippen LogP) is -0.494. The Morgan fingerprint density at radius 2 is 2.17 bits per heavy atom. The van der Waals surface area contributed by atoms with Crippen molar-refractivity contribution < 1.29 is 8.42 Å². The fourth-order valence-corrected chi connectivity index (χ4v) is 1.04. The second-order valence-corrected chi connectivity index (χ2v) is 4.10. The third-order valence-corrected chi connectivity index (χ3v) is 1.97. The van der Waals surface area contributed by atoms with E-state index < -0.39 is 10.0 Å². The van der Waals surface area contributed by atoms with Crippen molar-refractivity contribution in [3.05, 3.63) is 6.33 Å². The average Bonchev–Trinajstić information content (AvgIpc) is 2.30. The first-order chi connectivity index (χ1) is 5.41. The monoisotopic (exact) mass is 190 g/mol. The van der Waals surface area contributed by atoms with Crippen LogP contribution in [0, 0.1) is 0 Å². The molecule has 0 bridgehead atoms. The van der Waals surface area contributed by atoms with Crippen molar-refractivity contribution in [2.24, 2.45) is 5.14 Å². The van der Waals surface area contributed by atoms with Crippen LogP contribution in [-0.4, -0.2) is 23.2 Å². The predicted molar refractivity (Wildman–Crippen MR) is 41.8 cm³/mol. The van der Waals surface area contributed by atoms with E-state index in [9.17, 15) is 8.42 Å². The Morgan fingerprint density at radius 1 is 1.58 bits per heavy atom. The first-order valence-electron chi connectivity index (χ1n) is 3.35. The third-order valence-electron chi connectivity index (χ3n) is 1.27. The molecule has 1 aromatic heterocycles. The number of hydrogen-bond donors (Lipinski definition) is 1. The maximum Gasteiger partial charge on any atom is 0.281 e. The smallest absolute Gasteiger partial charge is 0.249 e. The lowest BCUT2D eigenvalue weighted by Crippen LogP contribution is -2.14. The zero-order valence-electron chi connectivity index (χ0n) is 6.80. The van der Waals surface area contributed by atoms with Crippen molar-refractivity contribution in [3.8, 4) is 0 Å². The van der Waals surface area contributed by atoms with Crippen LogP contribution in [0.25, 0.3) is 0 Å². The maximum atomic E-state index is 10.7. The van der Waals surface area contributed by atoms with Crippen LogP contribution in [-0.2, 0) is 10.0 Å². The van der Waals surface area contributed by atoms with Crippen LogP contribution in [0.2, 0.25) is 0 Å². The Hall–Kier alpha value is -0.950. The number of aromatic nitrogens is 3. The zero-order valence-corrected chi connectivity index (χ0v) is 7.61. The Kier molecular flexibility index (Phi) is 2.16. The molecule has 12 heavy (non-hydrogen) atoms. The largest absolute Gasteiger partial charge is 0.281 e. The molecule has 0 aliphatic carbocycles. The van der Waals surface area contributed by atoms with Crippen molar-refractivity contribution in [2.45, 2.75) is 25.0 Å². The lowest BCUT2D eigenvalue weighted by Gasteiger charge is -2.01. The van der Waals surface area contributed by atoms with Gasteiger partial charge in [-0.05, 0) is 13.8 Å². The first kappa shape index (κ1) is 9.14. The summed E-state index contributed by atoms with van der Waals surface area (Å²) in [6.07, 6.45) is 1.34. The van der Waals surface area contributed by atoms with E-state index in [-0.39, 0.29) is 11.2 Å². The van der Waals surface area contributed by atoms with Gasteiger partial charge in [0.05, 0.1) is 0 Å². The highest BCUT2D eigenvalue weighted by atomic mass is 32.2. The molecule has 1 rings (SSSR count). The van der Waals surface area contributed by atoms with Gasteiger partial charge in [-0.3, -0.25) is 0 Å². The molecule has 0 unspecified atom stereocenters. The summed E-state index contributed by atoms with van der Waals surface area (Å²) in [6.45, 7) is 3.73. The van der Waals surface area contributed by atoms with Gasteiger partial charge in [0, 0.05) is 6.04 Å². The van der Waals surface area contributed by atoms with Gasteiger partial charge in [-0.25, -0.2) is 23.2 Å². The molecule has 7 heteroatoms. The highest BCUT2D eigenvalue weighted by molar-refractivity contribution is 7.89. The van der Waals surface area contributed by atoms with Gasteiger partial charge in [0.25, 0.3) is 15.2 Å².